The van der Waals surface area contributed by atoms with Crippen LogP contribution >= 0.6 is 12.4 Å². The second kappa shape index (κ2) is 10.1. The number of methoxy groups -OCH3 is 1. The molecule has 0 spiro atoms. The van der Waals surface area contributed by atoms with Crippen LogP contribution in [0.25, 0.3) is 0 Å². The summed E-state index contributed by atoms with van der Waals surface area (Å²) in [6.45, 7) is 8.41. The first kappa shape index (κ1) is 22.1. The number of piperidine rings is 1. The van der Waals surface area contributed by atoms with Gasteiger partial charge in [-0.05, 0) is 24.7 Å². The molecule has 7 heteroatoms. The number of hydrogen-bond acceptors (Lipinski definition) is 4. The van der Waals surface area contributed by atoms with Gasteiger partial charge < -0.3 is 20.7 Å². The number of nitrogens with one attached hydrogen (secondary N) is 1. The van der Waals surface area contributed by atoms with Gasteiger partial charge in [0.05, 0.1) is 6.04 Å². The number of carbonyl (C=O) groups excluding carboxylic acids is 2. The fraction of sp³-hybridized carbons (Fsp3) is 0.875. The molecule has 1 heterocycles. The Hall–Kier alpha value is -0.850. The van der Waals surface area contributed by atoms with Crippen LogP contribution in [0.1, 0.15) is 40.0 Å². The number of hydrogen-bond donors (Lipinski definition) is 2. The minimum absolute atomic E-state index is 0. The molecule has 1 aliphatic heterocycles. The van der Waals surface area contributed by atoms with Gasteiger partial charge in [-0.1, -0.05) is 20.8 Å². The van der Waals surface area contributed by atoms with E-state index >= 15 is 0 Å². The zero-order valence-corrected chi connectivity index (χ0v) is 15.6. The van der Waals surface area contributed by atoms with Gasteiger partial charge in [-0.3, -0.25) is 9.59 Å². The molecule has 0 aromatic heterocycles. The molecule has 6 nitrogen and oxygen atoms in total. The summed E-state index contributed by atoms with van der Waals surface area (Å²) in [4.78, 5) is 26.2. The predicted octanol–water partition coefficient (Wildman–Crippen LogP) is 1.17. The summed E-state index contributed by atoms with van der Waals surface area (Å²) < 4.78 is 4.95. The molecular weight excluding hydrogens is 318 g/mol. The first-order chi connectivity index (χ1) is 10.3. The van der Waals surface area contributed by atoms with E-state index in [2.05, 4.69) is 5.32 Å². The highest BCUT2D eigenvalue weighted by Crippen LogP contribution is 2.23. The molecule has 0 unspecified atom stereocenters. The third-order valence-corrected chi connectivity index (χ3v) is 4.20. The van der Waals surface area contributed by atoms with Gasteiger partial charge in [0.1, 0.15) is 0 Å². The molecule has 1 rings (SSSR count). The van der Waals surface area contributed by atoms with E-state index < -0.39 is 6.04 Å². The average Bonchev–Trinajstić information content (AvgIpc) is 2.49. The highest BCUT2D eigenvalue weighted by Gasteiger charge is 2.34. The van der Waals surface area contributed by atoms with Crippen molar-refractivity contribution in [2.24, 2.45) is 17.1 Å². The Labute approximate surface area is 145 Å². The molecule has 2 amide bonds. The Bertz CT molecular complexity index is 377. The number of nitrogens with zero attached hydrogens (tertiary/aromatic N) is 1. The van der Waals surface area contributed by atoms with E-state index in [0.717, 1.165) is 6.42 Å². The number of halogens is 1. The SMILES string of the molecule is COCCCNC(=O)C1CCN(C(=O)[C@@H](N)C(C)(C)C)CC1.Cl. The largest absolute Gasteiger partial charge is 0.385 e. The number of carbonyl (C=O) groups is 2. The fourth-order valence-corrected chi connectivity index (χ4v) is 2.50. The van der Waals surface area contributed by atoms with Gasteiger partial charge in [0.25, 0.3) is 0 Å². The second-order valence-corrected chi connectivity index (χ2v) is 7.08. The fourth-order valence-electron chi connectivity index (χ4n) is 2.50. The quantitative estimate of drug-likeness (QED) is 0.705. The van der Waals surface area contributed by atoms with E-state index in [0.29, 0.717) is 39.1 Å². The summed E-state index contributed by atoms with van der Waals surface area (Å²) in [6, 6.07) is -0.494. The van der Waals surface area contributed by atoms with E-state index in [-0.39, 0.29) is 35.6 Å². The summed E-state index contributed by atoms with van der Waals surface area (Å²) in [5.74, 6) is 0.0761. The molecule has 0 bridgehead atoms. The number of rotatable bonds is 6. The molecule has 1 atom stereocenters. The molecule has 0 aromatic carbocycles. The Kier molecular flexibility index (Phi) is 9.73. The zero-order chi connectivity index (χ0) is 16.8. The van der Waals surface area contributed by atoms with Crippen LogP contribution in [0.2, 0.25) is 0 Å². The van der Waals surface area contributed by atoms with Crippen molar-refractivity contribution in [3.05, 3.63) is 0 Å². The van der Waals surface area contributed by atoms with Crippen molar-refractivity contribution < 1.29 is 14.3 Å². The molecule has 1 fully saturated rings. The standard InChI is InChI=1S/C16H31N3O3.ClH/c1-16(2,3)13(17)15(21)19-9-6-12(7-10-19)14(20)18-8-5-11-22-4;/h12-13H,5-11,17H2,1-4H3,(H,18,20);1H/t13-;/m1./s1. The molecular formula is C16H32ClN3O3. The van der Waals surface area contributed by atoms with Crippen LogP contribution in [0.5, 0.6) is 0 Å². The lowest BCUT2D eigenvalue weighted by Crippen LogP contribution is -2.53. The normalized spacial score (nSPS) is 17.3. The molecule has 0 saturated carbocycles. The Morgan fingerprint density at radius 3 is 2.35 bits per heavy atom. The van der Waals surface area contributed by atoms with Gasteiger partial charge in [0.2, 0.25) is 11.8 Å². The summed E-state index contributed by atoms with van der Waals surface area (Å²) in [6.07, 6.45) is 2.23. The topological polar surface area (TPSA) is 84.7 Å². The van der Waals surface area contributed by atoms with Crippen LogP contribution in [0.15, 0.2) is 0 Å². The van der Waals surface area contributed by atoms with E-state index in [4.69, 9.17) is 10.5 Å². The van der Waals surface area contributed by atoms with Gasteiger partial charge in [0, 0.05) is 39.3 Å². The third kappa shape index (κ3) is 7.06. The van der Waals surface area contributed by atoms with Crippen LogP contribution in [-0.2, 0) is 14.3 Å². The molecule has 136 valence electrons. The van der Waals surface area contributed by atoms with Crippen LogP contribution in [0, 0.1) is 11.3 Å². The van der Waals surface area contributed by atoms with E-state index in [1.807, 2.05) is 20.8 Å². The summed E-state index contributed by atoms with van der Waals surface area (Å²) in [7, 11) is 1.65. The molecule has 0 radical (unpaired) electrons. The summed E-state index contributed by atoms with van der Waals surface area (Å²) in [5, 5.41) is 2.93. The summed E-state index contributed by atoms with van der Waals surface area (Å²) in [5.41, 5.74) is 5.79. The Morgan fingerprint density at radius 1 is 1.30 bits per heavy atom. The van der Waals surface area contributed by atoms with Crippen molar-refractivity contribution >= 4 is 24.2 Å². The second-order valence-electron chi connectivity index (χ2n) is 7.08. The molecule has 1 saturated heterocycles. The van der Waals surface area contributed by atoms with Gasteiger partial charge in [-0.25, -0.2) is 0 Å². The van der Waals surface area contributed by atoms with E-state index in [9.17, 15) is 9.59 Å². The minimum atomic E-state index is -0.494. The van der Waals surface area contributed by atoms with Gasteiger partial charge in [0.15, 0.2) is 0 Å². The number of ether oxygens (including phenoxy) is 1. The van der Waals surface area contributed by atoms with Crippen molar-refractivity contribution in [2.75, 3.05) is 33.4 Å². The molecule has 0 aromatic rings. The van der Waals surface area contributed by atoms with Gasteiger partial charge >= 0.3 is 0 Å². The van der Waals surface area contributed by atoms with Crippen LogP contribution in [-0.4, -0.2) is 56.1 Å². The van der Waals surface area contributed by atoms with Crippen molar-refractivity contribution in [3.8, 4) is 0 Å². The van der Waals surface area contributed by atoms with Gasteiger partial charge in [-0.15, -0.1) is 12.4 Å². The lowest BCUT2D eigenvalue weighted by atomic mass is 9.86. The van der Waals surface area contributed by atoms with E-state index in [1.165, 1.54) is 0 Å². The monoisotopic (exact) mass is 349 g/mol. The lowest BCUT2D eigenvalue weighted by Gasteiger charge is -2.36. The van der Waals surface area contributed by atoms with Crippen molar-refractivity contribution in [3.63, 3.8) is 0 Å². The van der Waals surface area contributed by atoms with Crippen LogP contribution < -0.4 is 11.1 Å². The first-order valence-corrected chi connectivity index (χ1v) is 8.08. The van der Waals surface area contributed by atoms with E-state index in [1.54, 1.807) is 12.0 Å². The lowest BCUT2D eigenvalue weighted by molar-refractivity contribution is -0.138. The molecule has 0 aliphatic carbocycles. The van der Waals surface area contributed by atoms with Crippen molar-refractivity contribution in [1.82, 2.24) is 10.2 Å². The zero-order valence-electron chi connectivity index (χ0n) is 14.8. The Morgan fingerprint density at radius 2 is 1.87 bits per heavy atom. The van der Waals surface area contributed by atoms with Crippen molar-refractivity contribution in [1.29, 1.82) is 0 Å². The maximum absolute atomic E-state index is 12.4. The summed E-state index contributed by atoms with van der Waals surface area (Å²) >= 11 is 0. The number of likely N-dealkylation sites (tertiary alicyclic amines) is 1. The smallest absolute Gasteiger partial charge is 0.240 e. The van der Waals surface area contributed by atoms with Crippen LogP contribution in [0.3, 0.4) is 0 Å². The minimum Gasteiger partial charge on any atom is -0.385 e. The maximum Gasteiger partial charge on any atom is 0.240 e. The molecule has 1 aliphatic rings. The number of amides is 2. The maximum atomic E-state index is 12.4. The third-order valence-electron chi connectivity index (χ3n) is 4.20. The highest BCUT2D eigenvalue weighted by atomic mass is 35.5. The molecule has 23 heavy (non-hydrogen) atoms. The predicted molar refractivity (Wildman–Crippen MR) is 93.5 cm³/mol. The van der Waals surface area contributed by atoms with Crippen molar-refractivity contribution in [2.45, 2.75) is 46.1 Å². The Balaban J connectivity index is 0.00000484. The average molecular weight is 350 g/mol. The molecule has 3 N–H and O–H groups in total. The number of nitrogens with two attached hydrogens (primary N) is 1. The van der Waals surface area contributed by atoms with Crippen LogP contribution in [0.4, 0.5) is 0 Å². The van der Waals surface area contributed by atoms with Gasteiger partial charge in [-0.2, -0.15) is 0 Å². The first-order valence-electron chi connectivity index (χ1n) is 8.08. The highest BCUT2D eigenvalue weighted by molar-refractivity contribution is 5.85.